The summed E-state index contributed by atoms with van der Waals surface area (Å²) >= 11 is 18.1. The van der Waals surface area contributed by atoms with Gasteiger partial charge in [-0.15, -0.1) is 0 Å². The average molecular weight is 533 g/mol. The number of methoxy groups -OCH3 is 1. The van der Waals surface area contributed by atoms with Crippen molar-refractivity contribution < 1.29 is 18.3 Å². The van der Waals surface area contributed by atoms with E-state index in [0.717, 1.165) is 5.56 Å². The summed E-state index contributed by atoms with van der Waals surface area (Å²) in [5, 5.41) is 6.62. The van der Waals surface area contributed by atoms with Gasteiger partial charge in [-0.1, -0.05) is 47.6 Å². The van der Waals surface area contributed by atoms with E-state index >= 15 is 0 Å². The molecule has 1 saturated heterocycles. The fourth-order valence-electron chi connectivity index (χ4n) is 5.44. The number of halogens is 4. The van der Waals surface area contributed by atoms with Crippen LogP contribution >= 0.6 is 35.4 Å². The lowest BCUT2D eigenvalue weighted by Gasteiger charge is -2.48. The van der Waals surface area contributed by atoms with Crippen molar-refractivity contribution in [2.24, 2.45) is 0 Å². The van der Waals surface area contributed by atoms with E-state index in [4.69, 9.17) is 40.2 Å². The molecule has 1 amide bonds. The Kier molecular flexibility index (Phi) is 5.98. The number of piperidine rings is 1. The molecule has 5 rings (SSSR count). The Morgan fingerprint density at radius 1 is 1.09 bits per heavy atom. The molecule has 9 heteroatoms. The van der Waals surface area contributed by atoms with Gasteiger partial charge in [0.05, 0.1) is 23.2 Å². The summed E-state index contributed by atoms with van der Waals surface area (Å²) < 4.78 is 34.4. The highest BCUT2D eigenvalue weighted by molar-refractivity contribution is 7.80. The number of hydrogen-bond donors (Lipinski definition) is 2. The summed E-state index contributed by atoms with van der Waals surface area (Å²) in [6.07, 6.45) is 0.258. The zero-order valence-corrected chi connectivity index (χ0v) is 21.0. The predicted octanol–water partition coefficient (Wildman–Crippen LogP) is 6.62. The molecule has 1 fully saturated rings. The summed E-state index contributed by atoms with van der Waals surface area (Å²) in [6, 6.07) is 11.6. The monoisotopic (exact) mass is 532 g/mol. The van der Waals surface area contributed by atoms with Crippen molar-refractivity contribution >= 4 is 52.0 Å². The number of hydrogen-bond acceptors (Lipinski definition) is 3. The quantitative estimate of drug-likeness (QED) is 0.372. The molecule has 0 saturated carbocycles. The molecule has 0 unspecified atom stereocenters. The van der Waals surface area contributed by atoms with Crippen LogP contribution in [0.25, 0.3) is 0 Å². The molecule has 3 aromatic rings. The van der Waals surface area contributed by atoms with E-state index in [1.165, 1.54) is 31.4 Å². The molecule has 0 bridgehead atoms. The van der Waals surface area contributed by atoms with Crippen molar-refractivity contribution in [1.29, 1.82) is 0 Å². The third kappa shape index (κ3) is 3.68. The Morgan fingerprint density at radius 3 is 2.60 bits per heavy atom. The number of aryl methyl sites for hydroxylation is 1. The number of thiocarbonyl (C=S) groups is 1. The van der Waals surface area contributed by atoms with Crippen LogP contribution in [0.3, 0.4) is 0 Å². The first-order chi connectivity index (χ1) is 16.7. The molecular weight excluding hydrogens is 513 g/mol. The predicted molar refractivity (Wildman–Crippen MR) is 137 cm³/mol. The molecule has 2 N–H and O–H groups in total. The molecule has 1 spiro atoms. The van der Waals surface area contributed by atoms with Crippen LogP contribution in [-0.4, -0.2) is 18.0 Å². The molecule has 180 valence electrons. The van der Waals surface area contributed by atoms with Crippen molar-refractivity contribution in [1.82, 2.24) is 5.32 Å². The van der Waals surface area contributed by atoms with E-state index in [9.17, 15) is 13.6 Å². The molecule has 2 aliphatic heterocycles. The standard InChI is InChI=1S/C26H20Cl2F2N2O2S/c1-12-3-5-14(29)8-15(12)24-26(17-6-4-13(27)7-21(17)31-25(26)33)18(10-23(35)32-24)16-9-19(28)20(30)11-22(16)34-2/h3-9,11,18,24H,10H2,1-2H3,(H,31,33)(H,32,35)/t18-,24+,26-/m0/s1. The summed E-state index contributed by atoms with van der Waals surface area (Å²) in [4.78, 5) is 14.5. The van der Waals surface area contributed by atoms with Crippen LogP contribution < -0.4 is 15.4 Å². The molecule has 2 heterocycles. The zero-order chi connectivity index (χ0) is 25.1. The van der Waals surface area contributed by atoms with Crippen molar-refractivity contribution in [3.05, 3.63) is 92.5 Å². The maximum absolute atomic E-state index is 14.5. The minimum Gasteiger partial charge on any atom is -0.496 e. The average Bonchev–Trinajstić information content (AvgIpc) is 3.09. The first-order valence-electron chi connectivity index (χ1n) is 10.9. The van der Waals surface area contributed by atoms with Crippen LogP contribution in [0.15, 0.2) is 48.5 Å². The summed E-state index contributed by atoms with van der Waals surface area (Å²) in [5.74, 6) is -1.76. The van der Waals surface area contributed by atoms with Crippen LogP contribution in [-0.2, 0) is 10.2 Å². The number of carbonyl (C=O) groups excluding carboxylic acids is 1. The fraction of sp³-hybridized carbons (Fsp3) is 0.231. The van der Waals surface area contributed by atoms with Crippen LogP contribution in [0.2, 0.25) is 10.0 Å². The Labute approximate surface area is 216 Å². The van der Waals surface area contributed by atoms with E-state index in [-0.39, 0.29) is 23.1 Å². The van der Waals surface area contributed by atoms with E-state index in [1.807, 2.05) is 6.92 Å². The summed E-state index contributed by atoms with van der Waals surface area (Å²) in [5.41, 5.74) is 1.82. The maximum Gasteiger partial charge on any atom is 0.238 e. The van der Waals surface area contributed by atoms with Crippen LogP contribution in [0, 0.1) is 18.6 Å². The van der Waals surface area contributed by atoms with Crippen LogP contribution in [0.4, 0.5) is 14.5 Å². The number of rotatable bonds is 3. The number of nitrogens with one attached hydrogen (secondary N) is 2. The Morgan fingerprint density at radius 2 is 1.86 bits per heavy atom. The van der Waals surface area contributed by atoms with Crippen molar-refractivity contribution in [2.45, 2.75) is 30.7 Å². The second-order valence-electron chi connectivity index (χ2n) is 8.78. The second kappa shape index (κ2) is 8.73. The maximum atomic E-state index is 14.5. The number of benzene rings is 3. The minimum absolute atomic E-state index is 0.103. The van der Waals surface area contributed by atoms with E-state index in [1.54, 1.807) is 24.3 Å². The third-order valence-corrected chi connectivity index (χ3v) is 7.76. The molecular formula is C26H20Cl2F2N2O2S. The topological polar surface area (TPSA) is 50.4 Å². The van der Waals surface area contributed by atoms with Gasteiger partial charge in [-0.05, 0) is 53.9 Å². The molecule has 35 heavy (non-hydrogen) atoms. The van der Waals surface area contributed by atoms with Gasteiger partial charge in [0.25, 0.3) is 0 Å². The highest BCUT2D eigenvalue weighted by Crippen LogP contribution is 2.59. The molecule has 2 aliphatic rings. The van der Waals surface area contributed by atoms with E-state index in [0.29, 0.717) is 32.4 Å². The lowest BCUT2D eigenvalue weighted by molar-refractivity contribution is -0.123. The molecule has 3 aromatic carbocycles. The zero-order valence-electron chi connectivity index (χ0n) is 18.7. The van der Waals surface area contributed by atoms with Gasteiger partial charge in [-0.2, -0.15) is 0 Å². The van der Waals surface area contributed by atoms with Gasteiger partial charge in [0.2, 0.25) is 5.91 Å². The highest BCUT2D eigenvalue weighted by Gasteiger charge is 2.61. The van der Waals surface area contributed by atoms with Gasteiger partial charge in [0.1, 0.15) is 22.8 Å². The molecule has 3 atom stereocenters. The minimum atomic E-state index is -1.30. The fourth-order valence-corrected chi connectivity index (χ4v) is 6.06. The number of anilines is 1. The van der Waals surface area contributed by atoms with E-state index in [2.05, 4.69) is 10.6 Å². The molecule has 0 aromatic heterocycles. The van der Waals surface area contributed by atoms with E-state index < -0.39 is 29.0 Å². The second-order valence-corrected chi connectivity index (χ2v) is 10.1. The largest absolute Gasteiger partial charge is 0.496 e. The molecule has 0 radical (unpaired) electrons. The highest BCUT2D eigenvalue weighted by atomic mass is 35.5. The van der Waals surface area contributed by atoms with Crippen molar-refractivity contribution in [2.75, 3.05) is 12.4 Å². The van der Waals surface area contributed by atoms with Crippen LogP contribution in [0.5, 0.6) is 5.75 Å². The number of ether oxygens (including phenoxy) is 1. The first-order valence-corrected chi connectivity index (χ1v) is 12.0. The van der Waals surface area contributed by atoms with Gasteiger partial charge in [0, 0.05) is 34.7 Å². The van der Waals surface area contributed by atoms with Gasteiger partial charge < -0.3 is 15.4 Å². The normalized spacial score (nSPS) is 23.1. The Balaban J connectivity index is 1.86. The van der Waals surface area contributed by atoms with Gasteiger partial charge in [-0.3, -0.25) is 4.79 Å². The molecule has 0 aliphatic carbocycles. The molecule has 4 nitrogen and oxygen atoms in total. The SMILES string of the molecule is COc1cc(F)c(Cl)cc1[C@@H]1CC(=S)N[C@H](c2cc(F)ccc2C)[C@@]12C(=O)Nc1cc(Cl)ccc12. The lowest BCUT2D eigenvalue weighted by Crippen LogP contribution is -2.56. The van der Waals surface area contributed by atoms with Crippen molar-refractivity contribution in [3.8, 4) is 5.75 Å². The summed E-state index contributed by atoms with van der Waals surface area (Å²) in [6.45, 7) is 1.85. The number of carbonyl (C=O) groups is 1. The number of fused-ring (bicyclic) bond motifs is 2. The smallest absolute Gasteiger partial charge is 0.238 e. The lowest BCUT2D eigenvalue weighted by atomic mass is 9.59. The first kappa shape index (κ1) is 24.0. The van der Waals surface area contributed by atoms with Gasteiger partial charge >= 0.3 is 0 Å². The third-order valence-electron chi connectivity index (χ3n) is 6.95. The van der Waals surface area contributed by atoms with Crippen molar-refractivity contribution in [3.63, 3.8) is 0 Å². The van der Waals surface area contributed by atoms with Gasteiger partial charge in [-0.25, -0.2) is 8.78 Å². The Bertz CT molecular complexity index is 1400. The Hall–Kier alpha value is -2.74. The number of amides is 1. The summed E-state index contributed by atoms with van der Waals surface area (Å²) in [7, 11) is 1.43. The van der Waals surface area contributed by atoms with Crippen LogP contribution in [0.1, 0.15) is 40.6 Å². The van der Waals surface area contributed by atoms with Gasteiger partial charge in [0.15, 0.2) is 0 Å².